The van der Waals surface area contributed by atoms with Gasteiger partial charge < -0.3 is 9.73 Å². The van der Waals surface area contributed by atoms with E-state index in [0.29, 0.717) is 28.2 Å². The van der Waals surface area contributed by atoms with Crippen LogP contribution in [0, 0.1) is 11.3 Å². The Morgan fingerprint density at radius 2 is 1.91 bits per heavy atom. The second-order valence-electron chi connectivity index (χ2n) is 7.40. The van der Waals surface area contributed by atoms with Crippen LogP contribution in [0.5, 0.6) is 0 Å². The van der Waals surface area contributed by atoms with E-state index in [2.05, 4.69) is 10.3 Å². The number of amides is 1. The van der Waals surface area contributed by atoms with Crippen molar-refractivity contribution in [2.45, 2.75) is 19.0 Å². The van der Waals surface area contributed by atoms with Gasteiger partial charge in [-0.15, -0.1) is 0 Å². The molecule has 2 aromatic heterocycles. The maximum absolute atomic E-state index is 13.0. The van der Waals surface area contributed by atoms with Crippen LogP contribution in [-0.4, -0.2) is 17.4 Å². The predicted octanol–water partition coefficient (Wildman–Crippen LogP) is 5.75. The van der Waals surface area contributed by atoms with Gasteiger partial charge in [-0.1, -0.05) is 30.3 Å². The van der Waals surface area contributed by atoms with Crippen molar-refractivity contribution in [1.29, 1.82) is 5.26 Å². The first-order valence-electron chi connectivity index (χ1n) is 10.1. The number of nitrogens with zero attached hydrogens (tertiary/aromatic N) is 2. The van der Waals surface area contributed by atoms with Crippen LogP contribution in [0.2, 0.25) is 0 Å². The van der Waals surface area contributed by atoms with Crippen LogP contribution >= 0.6 is 0 Å². The molecule has 4 rings (SSSR count). The van der Waals surface area contributed by atoms with Crippen LogP contribution in [-0.2, 0) is 12.6 Å². The Morgan fingerprint density at radius 3 is 2.70 bits per heavy atom. The van der Waals surface area contributed by atoms with Crippen molar-refractivity contribution in [3.8, 4) is 17.3 Å². The number of alkyl halides is 3. The van der Waals surface area contributed by atoms with Crippen molar-refractivity contribution < 1.29 is 22.4 Å². The summed E-state index contributed by atoms with van der Waals surface area (Å²) in [7, 11) is 0. The highest BCUT2D eigenvalue weighted by molar-refractivity contribution is 5.97. The molecule has 0 unspecified atom stereocenters. The summed E-state index contributed by atoms with van der Waals surface area (Å²) >= 11 is 0. The lowest BCUT2D eigenvalue weighted by molar-refractivity contribution is -0.137. The number of furan rings is 1. The maximum Gasteiger partial charge on any atom is 0.416 e. The summed E-state index contributed by atoms with van der Waals surface area (Å²) in [4.78, 5) is 16.7. The van der Waals surface area contributed by atoms with Gasteiger partial charge in [0.2, 0.25) is 0 Å². The number of aromatic nitrogens is 1. The number of pyridine rings is 1. The molecule has 5 nitrogen and oxygen atoms in total. The van der Waals surface area contributed by atoms with Crippen LogP contribution in [0.1, 0.15) is 33.7 Å². The number of carbonyl (C=O) groups is 1. The minimum Gasteiger partial charge on any atom is -0.461 e. The van der Waals surface area contributed by atoms with Gasteiger partial charge in [0, 0.05) is 35.7 Å². The lowest BCUT2D eigenvalue weighted by Gasteiger charge is -2.07. The van der Waals surface area contributed by atoms with Crippen molar-refractivity contribution in [3.63, 3.8) is 0 Å². The molecule has 0 saturated heterocycles. The predicted molar refractivity (Wildman–Crippen MR) is 116 cm³/mol. The van der Waals surface area contributed by atoms with Gasteiger partial charge in [-0.25, -0.2) is 0 Å². The monoisotopic (exact) mass is 449 g/mol. The summed E-state index contributed by atoms with van der Waals surface area (Å²) in [6, 6.07) is 17.5. The molecule has 0 atom stereocenters. The molecule has 0 fully saturated rings. The van der Waals surface area contributed by atoms with E-state index in [9.17, 15) is 18.0 Å². The Labute approximate surface area is 187 Å². The highest BCUT2D eigenvalue weighted by Crippen LogP contribution is 2.33. The van der Waals surface area contributed by atoms with Crippen molar-refractivity contribution >= 4 is 16.9 Å². The average Bonchev–Trinajstić information content (AvgIpc) is 3.21. The molecule has 0 spiro atoms. The molecule has 2 aromatic carbocycles. The van der Waals surface area contributed by atoms with Crippen LogP contribution in [0.15, 0.2) is 71.3 Å². The summed E-state index contributed by atoms with van der Waals surface area (Å²) < 4.78 is 44.9. The fraction of sp³-hybridized carbons (Fsp3) is 0.160. The average molecular weight is 449 g/mol. The van der Waals surface area contributed by atoms with Gasteiger partial charge in [-0.3, -0.25) is 9.78 Å². The number of nitriles is 1. The first-order chi connectivity index (χ1) is 15.8. The number of carbonyl (C=O) groups excluding carboxylic acids is 1. The zero-order valence-electron chi connectivity index (χ0n) is 17.3. The summed E-state index contributed by atoms with van der Waals surface area (Å²) in [5.74, 6) is 0.209. The Kier molecular flexibility index (Phi) is 6.13. The molecule has 33 heavy (non-hydrogen) atoms. The van der Waals surface area contributed by atoms with E-state index in [1.54, 1.807) is 36.4 Å². The number of hydrogen-bond donors (Lipinski definition) is 1. The SMILES string of the molecule is N#CCCNC(=O)c1ccnc(-c2cccc3oc(Cc4cccc(C(F)(F)F)c4)cc23)c1. The van der Waals surface area contributed by atoms with Gasteiger partial charge in [-0.05, 0) is 35.9 Å². The molecule has 0 bridgehead atoms. The van der Waals surface area contributed by atoms with E-state index in [4.69, 9.17) is 9.68 Å². The Bertz CT molecular complexity index is 1350. The molecule has 0 saturated carbocycles. The van der Waals surface area contributed by atoms with E-state index in [-0.39, 0.29) is 25.3 Å². The van der Waals surface area contributed by atoms with Crippen LogP contribution in [0.4, 0.5) is 13.2 Å². The molecule has 1 N–H and O–H groups in total. The largest absolute Gasteiger partial charge is 0.461 e. The van der Waals surface area contributed by atoms with E-state index in [0.717, 1.165) is 23.1 Å². The fourth-order valence-electron chi connectivity index (χ4n) is 3.54. The fourth-order valence-corrected chi connectivity index (χ4v) is 3.54. The van der Waals surface area contributed by atoms with Crippen molar-refractivity contribution in [3.05, 3.63) is 89.3 Å². The molecule has 166 valence electrons. The van der Waals surface area contributed by atoms with Crippen LogP contribution in [0.3, 0.4) is 0 Å². The van der Waals surface area contributed by atoms with Crippen molar-refractivity contribution in [1.82, 2.24) is 10.3 Å². The molecule has 0 radical (unpaired) electrons. The summed E-state index contributed by atoms with van der Waals surface area (Å²) in [6.45, 7) is 0.253. The standard InChI is InChI=1S/C25H18F3N3O2/c26-25(27,28)18-5-1-4-16(12-18)13-19-15-21-20(6-2-7-23(21)33-19)22-14-17(8-11-30-22)24(32)31-10-3-9-29/h1-2,4-8,11-12,14-15H,3,10,13H2,(H,31,32). The third-order valence-corrected chi connectivity index (χ3v) is 5.07. The summed E-state index contributed by atoms with van der Waals surface area (Å²) in [5.41, 5.74) is 2.05. The Morgan fingerprint density at radius 1 is 1.09 bits per heavy atom. The quantitative estimate of drug-likeness (QED) is 0.380. The lowest BCUT2D eigenvalue weighted by Crippen LogP contribution is -2.24. The van der Waals surface area contributed by atoms with E-state index < -0.39 is 11.7 Å². The van der Waals surface area contributed by atoms with Crippen molar-refractivity contribution in [2.24, 2.45) is 0 Å². The van der Waals surface area contributed by atoms with Gasteiger partial charge in [-0.2, -0.15) is 18.4 Å². The molecule has 8 heteroatoms. The zero-order chi connectivity index (χ0) is 23.4. The Hall–Kier alpha value is -4.12. The van der Waals surface area contributed by atoms with E-state index in [1.165, 1.54) is 12.3 Å². The smallest absolute Gasteiger partial charge is 0.416 e. The number of hydrogen-bond acceptors (Lipinski definition) is 4. The Balaban J connectivity index is 1.63. The minimum absolute atomic E-state index is 0.201. The highest BCUT2D eigenvalue weighted by Gasteiger charge is 2.30. The van der Waals surface area contributed by atoms with Gasteiger partial charge in [0.1, 0.15) is 11.3 Å². The lowest BCUT2D eigenvalue weighted by atomic mass is 10.0. The molecule has 0 aliphatic carbocycles. The molecular formula is C25H18F3N3O2. The number of nitrogens with one attached hydrogen (secondary N) is 1. The van der Waals surface area contributed by atoms with Gasteiger partial charge in [0.25, 0.3) is 5.91 Å². The zero-order valence-corrected chi connectivity index (χ0v) is 17.3. The molecule has 2 heterocycles. The summed E-state index contributed by atoms with van der Waals surface area (Å²) in [5, 5.41) is 12.0. The highest BCUT2D eigenvalue weighted by atomic mass is 19.4. The van der Waals surface area contributed by atoms with Gasteiger partial charge >= 0.3 is 6.18 Å². The van der Waals surface area contributed by atoms with E-state index >= 15 is 0 Å². The summed E-state index contributed by atoms with van der Waals surface area (Å²) in [6.07, 6.45) is -2.47. The molecule has 0 aliphatic heterocycles. The molecular weight excluding hydrogens is 431 g/mol. The first kappa shape index (κ1) is 22.1. The van der Waals surface area contributed by atoms with Gasteiger partial charge in [0.15, 0.2) is 0 Å². The number of rotatable bonds is 6. The second kappa shape index (κ2) is 9.17. The number of benzene rings is 2. The number of fused-ring (bicyclic) bond motifs is 1. The normalized spacial score (nSPS) is 11.3. The topological polar surface area (TPSA) is 78.9 Å². The van der Waals surface area contributed by atoms with E-state index in [1.807, 2.05) is 12.1 Å². The minimum atomic E-state index is -4.41. The van der Waals surface area contributed by atoms with Crippen molar-refractivity contribution in [2.75, 3.05) is 6.54 Å². The maximum atomic E-state index is 13.0. The molecule has 1 amide bonds. The molecule has 4 aromatic rings. The van der Waals surface area contributed by atoms with Gasteiger partial charge in [0.05, 0.1) is 23.7 Å². The third-order valence-electron chi connectivity index (χ3n) is 5.07. The number of halogens is 3. The second-order valence-corrected chi connectivity index (χ2v) is 7.40. The first-order valence-corrected chi connectivity index (χ1v) is 10.1. The molecule has 0 aliphatic rings. The van der Waals surface area contributed by atoms with Crippen LogP contribution in [0.25, 0.3) is 22.2 Å². The van der Waals surface area contributed by atoms with Crippen LogP contribution < -0.4 is 5.32 Å². The third kappa shape index (κ3) is 5.04.